The molecule has 1 aromatic heterocycles. The van der Waals surface area contributed by atoms with Crippen LogP contribution in [0.2, 0.25) is 0 Å². The summed E-state index contributed by atoms with van der Waals surface area (Å²) in [7, 11) is 0. The van der Waals surface area contributed by atoms with Crippen molar-refractivity contribution >= 4 is 6.03 Å². The monoisotopic (exact) mass is 328 g/mol. The molecule has 0 bridgehead atoms. The lowest BCUT2D eigenvalue weighted by Gasteiger charge is -2.36. The number of amides is 2. The molecule has 7 N–H and O–H groups in total. The first-order valence-electron chi connectivity index (χ1n) is 6.89. The van der Waals surface area contributed by atoms with Gasteiger partial charge in [0.15, 0.2) is 0 Å². The van der Waals surface area contributed by atoms with Crippen LogP contribution in [0, 0.1) is 0 Å². The number of aliphatic hydroxyl groups is 2. The summed E-state index contributed by atoms with van der Waals surface area (Å²) < 4.78 is 11.0. The van der Waals surface area contributed by atoms with Crippen molar-refractivity contribution in [3.05, 3.63) is 32.6 Å². The quantitative estimate of drug-likeness (QED) is 0.328. The average Bonchev–Trinajstić information content (AvgIpc) is 2.79. The molecule has 2 saturated heterocycles. The second kappa shape index (κ2) is 5.77. The van der Waals surface area contributed by atoms with E-state index in [1.54, 1.807) is 0 Å². The molecule has 23 heavy (non-hydrogen) atoms. The highest BCUT2D eigenvalue weighted by atomic mass is 16.6. The lowest BCUT2D eigenvalue weighted by atomic mass is 9.94. The molecule has 1 aromatic rings. The van der Waals surface area contributed by atoms with Crippen molar-refractivity contribution < 1.29 is 24.5 Å². The van der Waals surface area contributed by atoms with Crippen molar-refractivity contribution in [3.63, 3.8) is 0 Å². The maximum absolute atomic E-state index is 11.9. The molecule has 126 valence electrons. The first kappa shape index (κ1) is 15.7. The Labute approximate surface area is 128 Å². The van der Waals surface area contributed by atoms with Gasteiger partial charge in [-0.15, -0.1) is 0 Å². The van der Waals surface area contributed by atoms with Crippen LogP contribution in [-0.2, 0) is 9.47 Å². The average molecular weight is 328 g/mol. The van der Waals surface area contributed by atoms with Crippen LogP contribution in [0.25, 0.3) is 0 Å². The van der Waals surface area contributed by atoms with Gasteiger partial charge in [0.1, 0.15) is 30.5 Å². The van der Waals surface area contributed by atoms with Crippen LogP contribution >= 0.6 is 0 Å². The van der Waals surface area contributed by atoms with Crippen LogP contribution in [0.15, 0.2) is 15.8 Å². The van der Waals surface area contributed by atoms with Crippen LogP contribution in [0.3, 0.4) is 0 Å². The molecule has 11 nitrogen and oxygen atoms in total. The van der Waals surface area contributed by atoms with Gasteiger partial charge in [-0.1, -0.05) is 0 Å². The van der Waals surface area contributed by atoms with Crippen molar-refractivity contribution in [2.75, 3.05) is 6.61 Å². The summed E-state index contributed by atoms with van der Waals surface area (Å²) >= 11 is 0. The first-order chi connectivity index (χ1) is 10.9. The zero-order chi connectivity index (χ0) is 16.7. The lowest BCUT2D eigenvalue weighted by molar-refractivity contribution is -0.134. The number of H-pyrrole nitrogens is 2. The molecule has 0 aromatic carbocycles. The van der Waals surface area contributed by atoms with E-state index in [1.165, 1.54) is 0 Å². The summed E-state index contributed by atoms with van der Waals surface area (Å²) in [4.78, 5) is 38.3. The van der Waals surface area contributed by atoms with Crippen LogP contribution in [-0.4, -0.2) is 63.3 Å². The summed E-state index contributed by atoms with van der Waals surface area (Å²) in [6.45, 7) is -0.138. The predicted octanol–water partition coefficient (Wildman–Crippen LogP) is -3.34. The standard InChI is InChI=1S/C12H16N4O7/c13-11(20)15-5-4(17)2-22-9-6(18)7(23-8(5)9)3-1-14-12(21)16-10(3)19/h1,4-9,17-18H,2H2,(H3,13,15,20)(H2,14,16,19,21)/t4-,5+,6?,7-,8+,9-/m0/s1. The van der Waals surface area contributed by atoms with E-state index >= 15 is 0 Å². The lowest BCUT2D eigenvalue weighted by Crippen LogP contribution is -2.61. The zero-order valence-corrected chi connectivity index (χ0v) is 11.8. The number of carbonyl (C=O) groups excluding carboxylic acids is 1. The fourth-order valence-corrected chi connectivity index (χ4v) is 2.94. The topological polar surface area (TPSA) is 180 Å². The number of aliphatic hydroxyl groups excluding tert-OH is 2. The normalized spacial score (nSPS) is 36.4. The number of hydrogen-bond acceptors (Lipinski definition) is 7. The van der Waals surface area contributed by atoms with Crippen LogP contribution in [0.1, 0.15) is 11.7 Å². The zero-order valence-electron chi connectivity index (χ0n) is 11.8. The molecular weight excluding hydrogens is 312 g/mol. The van der Waals surface area contributed by atoms with Crippen LogP contribution in [0.4, 0.5) is 4.79 Å². The Morgan fingerprint density at radius 3 is 2.74 bits per heavy atom. The number of rotatable bonds is 2. The van der Waals surface area contributed by atoms with Gasteiger partial charge in [-0.05, 0) is 0 Å². The third kappa shape index (κ3) is 2.74. The Morgan fingerprint density at radius 2 is 2.09 bits per heavy atom. The molecule has 0 spiro atoms. The minimum absolute atomic E-state index is 0.00224. The van der Waals surface area contributed by atoms with Crippen LogP contribution < -0.4 is 22.3 Å². The molecule has 0 aliphatic carbocycles. The molecule has 2 aliphatic heterocycles. The fraction of sp³-hybridized carbons (Fsp3) is 0.583. The molecular formula is C12H16N4O7. The highest BCUT2D eigenvalue weighted by Gasteiger charge is 2.53. The largest absolute Gasteiger partial charge is 0.388 e. The van der Waals surface area contributed by atoms with Crippen molar-refractivity contribution in [1.29, 1.82) is 0 Å². The van der Waals surface area contributed by atoms with Gasteiger partial charge in [0, 0.05) is 6.20 Å². The number of fused-ring (bicyclic) bond motifs is 1. The first-order valence-corrected chi connectivity index (χ1v) is 6.89. The number of primary amides is 1. The van der Waals surface area contributed by atoms with E-state index < -0.39 is 53.8 Å². The van der Waals surface area contributed by atoms with Crippen LogP contribution in [0.5, 0.6) is 0 Å². The third-order valence-corrected chi connectivity index (χ3v) is 3.97. The SMILES string of the molecule is NC(=O)N[C@H]1[C@H]2O[C@@H](c3c[nH]c(=O)[nH]c3=O)C(O)[C@@H]2OC[C@@H]1O. The van der Waals surface area contributed by atoms with E-state index in [0.717, 1.165) is 6.20 Å². The van der Waals surface area contributed by atoms with E-state index in [1.807, 2.05) is 4.98 Å². The summed E-state index contributed by atoms with van der Waals surface area (Å²) in [6, 6.07) is -1.76. The number of urea groups is 1. The number of aromatic nitrogens is 2. The number of hydrogen-bond donors (Lipinski definition) is 6. The van der Waals surface area contributed by atoms with E-state index in [9.17, 15) is 24.6 Å². The van der Waals surface area contributed by atoms with Crippen molar-refractivity contribution in [1.82, 2.24) is 15.3 Å². The predicted molar refractivity (Wildman–Crippen MR) is 73.6 cm³/mol. The molecule has 2 amide bonds. The molecule has 3 rings (SSSR count). The van der Waals surface area contributed by atoms with Crippen molar-refractivity contribution in [3.8, 4) is 0 Å². The highest BCUT2D eigenvalue weighted by Crippen LogP contribution is 2.37. The Bertz CT molecular complexity index is 716. The molecule has 6 atom stereocenters. The number of carbonyl (C=O) groups is 1. The van der Waals surface area contributed by atoms with Gasteiger partial charge in [-0.25, -0.2) is 9.59 Å². The van der Waals surface area contributed by atoms with Gasteiger partial charge in [0.05, 0.1) is 18.2 Å². The number of ether oxygens (including phenoxy) is 2. The summed E-state index contributed by atoms with van der Waals surface area (Å²) in [5.41, 5.74) is 3.67. The molecule has 2 fully saturated rings. The van der Waals surface area contributed by atoms with Gasteiger partial charge in [0.2, 0.25) is 0 Å². The van der Waals surface area contributed by atoms with E-state index in [0.29, 0.717) is 0 Å². The van der Waals surface area contributed by atoms with Gasteiger partial charge in [-0.3, -0.25) is 9.78 Å². The smallest absolute Gasteiger partial charge is 0.325 e. The minimum Gasteiger partial charge on any atom is -0.388 e. The van der Waals surface area contributed by atoms with E-state index in [4.69, 9.17) is 15.2 Å². The van der Waals surface area contributed by atoms with Gasteiger partial charge >= 0.3 is 11.7 Å². The Hall–Kier alpha value is -2.21. The Balaban J connectivity index is 1.91. The summed E-state index contributed by atoms with van der Waals surface area (Å²) in [6.07, 6.45) is -4.03. The second-order valence-electron chi connectivity index (χ2n) is 5.44. The molecule has 0 radical (unpaired) electrons. The Kier molecular flexibility index (Phi) is 3.93. The van der Waals surface area contributed by atoms with Crippen molar-refractivity contribution in [2.45, 2.75) is 36.6 Å². The maximum Gasteiger partial charge on any atom is 0.325 e. The number of nitrogens with two attached hydrogens (primary N) is 1. The molecule has 0 saturated carbocycles. The van der Waals surface area contributed by atoms with Gasteiger partial charge < -0.3 is 35.7 Å². The summed E-state index contributed by atoms with van der Waals surface area (Å²) in [5, 5.41) is 22.6. The molecule has 2 aliphatic rings. The second-order valence-corrected chi connectivity index (χ2v) is 5.44. The third-order valence-electron chi connectivity index (χ3n) is 3.97. The van der Waals surface area contributed by atoms with Gasteiger partial charge in [-0.2, -0.15) is 0 Å². The molecule has 3 heterocycles. The number of aromatic amines is 2. The fourth-order valence-electron chi connectivity index (χ4n) is 2.94. The summed E-state index contributed by atoms with van der Waals surface area (Å²) in [5.74, 6) is 0. The number of nitrogens with one attached hydrogen (secondary N) is 3. The minimum atomic E-state index is -1.23. The highest BCUT2D eigenvalue weighted by molar-refractivity contribution is 5.72. The Morgan fingerprint density at radius 1 is 1.35 bits per heavy atom. The van der Waals surface area contributed by atoms with E-state index in [-0.39, 0.29) is 12.2 Å². The van der Waals surface area contributed by atoms with E-state index in [2.05, 4.69) is 10.3 Å². The van der Waals surface area contributed by atoms with Crippen molar-refractivity contribution in [2.24, 2.45) is 5.73 Å². The molecule has 11 heteroatoms. The van der Waals surface area contributed by atoms with Gasteiger partial charge in [0.25, 0.3) is 5.56 Å². The maximum atomic E-state index is 11.9. The molecule has 1 unspecified atom stereocenters.